The van der Waals surface area contributed by atoms with Gasteiger partial charge in [-0.05, 0) is 134 Å². The van der Waals surface area contributed by atoms with Gasteiger partial charge in [-0.3, -0.25) is 10.2 Å². The summed E-state index contributed by atoms with van der Waals surface area (Å²) in [6.07, 6.45) is 14.5. The summed E-state index contributed by atoms with van der Waals surface area (Å²) in [7, 11) is -1.39. The number of carbonyl (C=O) groups excluding carboxylic acids is 1. The molecule has 5 aliphatic rings. The molecule has 3 N–H and O–H groups in total. The number of allylic oxidation sites excluding steroid dienone is 1. The summed E-state index contributed by atoms with van der Waals surface area (Å²) in [6.45, 7) is 18.8. The van der Waals surface area contributed by atoms with Gasteiger partial charge in [0.15, 0.2) is 9.84 Å². The van der Waals surface area contributed by atoms with Crippen molar-refractivity contribution in [3.05, 3.63) is 41.5 Å². The fourth-order valence-corrected chi connectivity index (χ4v) is 14.8. The molecule has 5 fully saturated rings. The van der Waals surface area contributed by atoms with Crippen LogP contribution in [0.1, 0.15) is 117 Å². The topological polar surface area (TPSA) is 129 Å². The van der Waals surface area contributed by atoms with E-state index < -0.39 is 15.4 Å². The van der Waals surface area contributed by atoms with E-state index in [2.05, 4.69) is 69.1 Å². The molecule has 1 heterocycles. The SMILES string of the molecule is COC(=N)c1ccc(C=CCC2(C)C(C(C)C)CCC3(C)C2CCC2C4C(C(C)(O)COC(C)=O)CCC4(NCCN4CCS(=O)(=O)CC4)CCC23C)cc1. The Balaban J connectivity index is 1.28. The summed E-state index contributed by atoms with van der Waals surface area (Å²) < 4.78 is 34.9. The van der Waals surface area contributed by atoms with E-state index in [1.165, 1.54) is 33.3 Å². The molecule has 10 unspecified atom stereocenters. The Labute approximate surface area is 332 Å². The molecule has 0 spiro atoms. The van der Waals surface area contributed by atoms with Gasteiger partial charge < -0.3 is 24.8 Å². The first-order chi connectivity index (χ1) is 25.8. The highest BCUT2D eigenvalue weighted by atomic mass is 32.2. The van der Waals surface area contributed by atoms with Crippen LogP contribution in [0.2, 0.25) is 0 Å². The lowest BCUT2D eigenvalue weighted by Gasteiger charge is -2.71. The van der Waals surface area contributed by atoms with Crippen molar-refractivity contribution >= 4 is 27.8 Å². The van der Waals surface area contributed by atoms with Crippen LogP contribution in [-0.2, 0) is 24.1 Å². The Bertz CT molecular complexity index is 1680. The molecule has 9 nitrogen and oxygen atoms in total. The zero-order valence-electron chi connectivity index (χ0n) is 35.1. The number of carbonyl (C=O) groups is 1. The van der Waals surface area contributed by atoms with Gasteiger partial charge in [-0.15, -0.1) is 0 Å². The van der Waals surface area contributed by atoms with Gasteiger partial charge in [-0.25, -0.2) is 8.42 Å². The zero-order valence-corrected chi connectivity index (χ0v) is 35.9. The summed E-state index contributed by atoms with van der Waals surface area (Å²) in [5.74, 6) is 2.75. The Morgan fingerprint density at radius 1 is 1.04 bits per heavy atom. The van der Waals surface area contributed by atoms with E-state index >= 15 is 0 Å². The fourth-order valence-electron chi connectivity index (χ4n) is 13.5. The van der Waals surface area contributed by atoms with Crippen LogP contribution in [0.15, 0.2) is 30.3 Å². The van der Waals surface area contributed by atoms with Crippen molar-refractivity contribution in [2.24, 2.45) is 51.8 Å². The number of aliphatic hydroxyl groups is 1. The lowest BCUT2D eigenvalue weighted by molar-refractivity contribution is -0.223. The van der Waals surface area contributed by atoms with Gasteiger partial charge in [0, 0.05) is 44.2 Å². The summed E-state index contributed by atoms with van der Waals surface area (Å²) >= 11 is 0. The first-order valence-corrected chi connectivity index (χ1v) is 23.1. The number of nitrogens with one attached hydrogen (secondary N) is 2. The van der Waals surface area contributed by atoms with Crippen molar-refractivity contribution in [2.45, 2.75) is 117 Å². The number of esters is 1. The Kier molecular flexibility index (Phi) is 12.2. The molecule has 1 aliphatic heterocycles. The number of rotatable bonds is 12. The van der Waals surface area contributed by atoms with Crippen molar-refractivity contribution in [1.29, 1.82) is 5.41 Å². The molecule has 0 aromatic heterocycles. The second kappa shape index (κ2) is 15.8. The van der Waals surface area contributed by atoms with Gasteiger partial charge >= 0.3 is 5.97 Å². The minimum atomic E-state index is -2.93. The lowest BCUT2D eigenvalue weighted by Crippen LogP contribution is -2.68. The van der Waals surface area contributed by atoms with Crippen LogP contribution in [-0.4, -0.2) is 92.8 Å². The molecule has 1 aromatic carbocycles. The molecule has 1 saturated heterocycles. The van der Waals surface area contributed by atoms with Crippen molar-refractivity contribution in [3.63, 3.8) is 0 Å². The highest BCUT2D eigenvalue weighted by Gasteiger charge is 2.70. The number of nitrogens with zero attached hydrogens (tertiary/aromatic N) is 1. The molecule has 10 heteroatoms. The molecule has 4 aliphatic carbocycles. The minimum absolute atomic E-state index is 0.00424. The molecule has 1 aromatic rings. The molecule has 10 atom stereocenters. The van der Waals surface area contributed by atoms with Crippen molar-refractivity contribution in [1.82, 2.24) is 10.2 Å². The van der Waals surface area contributed by atoms with Crippen LogP contribution >= 0.6 is 0 Å². The molecular weight excluding hydrogens is 711 g/mol. The summed E-state index contributed by atoms with van der Waals surface area (Å²) in [6, 6.07) is 8.07. The zero-order chi connectivity index (χ0) is 40.0. The molecule has 0 amide bonds. The predicted molar refractivity (Wildman–Crippen MR) is 221 cm³/mol. The maximum absolute atomic E-state index is 12.2. The van der Waals surface area contributed by atoms with Crippen LogP contribution in [0.25, 0.3) is 6.08 Å². The van der Waals surface area contributed by atoms with Crippen LogP contribution in [0, 0.1) is 57.2 Å². The third kappa shape index (κ3) is 7.97. The van der Waals surface area contributed by atoms with E-state index in [-0.39, 0.29) is 63.6 Å². The third-order valence-electron chi connectivity index (χ3n) is 16.5. The van der Waals surface area contributed by atoms with Gasteiger partial charge in [-0.1, -0.05) is 58.9 Å². The number of hydrogen-bond acceptors (Lipinski definition) is 9. The Hall–Kier alpha value is -2.27. The lowest BCUT2D eigenvalue weighted by atomic mass is 9.34. The molecule has 0 bridgehead atoms. The monoisotopic (exact) mass is 782 g/mol. The van der Waals surface area contributed by atoms with Crippen molar-refractivity contribution in [2.75, 3.05) is 51.4 Å². The quantitative estimate of drug-likeness (QED) is 0.114. The minimum Gasteiger partial charge on any atom is -0.481 e. The summed E-state index contributed by atoms with van der Waals surface area (Å²) in [4.78, 5) is 14.3. The number of hydrogen-bond donors (Lipinski definition) is 3. The van der Waals surface area contributed by atoms with E-state index in [1.807, 2.05) is 19.1 Å². The van der Waals surface area contributed by atoms with Gasteiger partial charge in [-0.2, -0.15) is 0 Å². The first-order valence-electron chi connectivity index (χ1n) is 21.2. The smallest absolute Gasteiger partial charge is 0.302 e. The largest absolute Gasteiger partial charge is 0.481 e. The van der Waals surface area contributed by atoms with Gasteiger partial charge in [0.2, 0.25) is 5.90 Å². The molecule has 55 heavy (non-hydrogen) atoms. The van der Waals surface area contributed by atoms with Gasteiger partial charge in [0.05, 0.1) is 24.2 Å². The number of methoxy groups -OCH3 is 1. The number of benzene rings is 1. The molecule has 4 saturated carbocycles. The van der Waals surface area contributed by atoms with E-state index in [0.717, 1.165) is 62.7 Å². The molecule has 0 radical (unpaired) electrons. The van der Waals surface area contributed by atoms with Crippen LogP contribution in [0.4, 0.5) is 0 Å². The summed E-state index contributed by atoms with van der Waals surface area (Å²) in [5, 5.41) is 24.3. The second-order valence-electron chi connectivity index (χ2n) is 19.6. The molecule has 308 valence electrons. The standard InChI is InChI=1S/C45H71N3O6S/c1-31(2)35-17-20-43(6)38(41(35,4)19-9-10-33-11-13-34(14-12-33)40(46)53-8)16-15-36-39-37(44(7,50)30-54-32(3)49)18-21-45(39,23-22-42(36,43)5)47-24-25-48-26-28-55(51,52)29-27-48/h9-14,31,35-39,46-47,50H,15-30H2,1-8H3. The van der Waals surface area contributed by atoms with E-state index in [9.17, 15) is 18.3 Å². The second-order valence-corrected chi connectivity index (χ2v) is 21.9. The maximum Gasteiger partial charge on any atom is 0.302 e. The number of fused-ring (bicyclic) bond motifs is 5. The van der Waals surface area contributed by atoms with Gasteiger partial charge in [0.25, 0.3) is 0 Å². The highest BCUT2D eigenvalue weighted by Crippen LogP contribution is 2.75. The normalized spacial score (nSPS) is 38.5. The molecular formula is C45H71N3O6S. The molecule has 6 rings (SSSR count). The Morgan fingerprint density at radius 3 is 2.36 bits per heavy atom. The van der Waals surface area contributed by atoms with Gasteiger partial charge in [0.1, 0.15) is 6.61 Å². The fraction of sp³-hybridized carbons (Fsp3) is 0.778. The highest BCUT2D eigenvalue weighted by molar-refractivity contribution is 7.91. The maximum atomic E-state index is 12.2. The van der Waals surface area contributed by atoms with Crippen LogP contribution in [0.5, 0.6) is 0 Å². The van der Waals surface area contributed by atoms with E-state index in [0.29, 0.717) is 36.8 Å². The van der Waals surface area contributed by atoms with Crippen molar-refractivity contribution < 1.29 is 27.8 Å². The summed E-state index contributed by atoms with van der Waals surface area (Å²) in [5.41, 5.74) is 1.03. The van der Waals surface area contributed by atoms with Crippen LogP contribution in [0.3, 0.4) is 0 Å². The van der Waals surface area contributed by atoms with Crippen LogP contribution < -0.4 is 5.32 Å². The first kappa shape index (κ1) is 42.3. The van der Waals surface area contributed by atoms with E-state index in [1.54, 1.807) is 0 Å². The Morgan fingerprint density at radius 2 is 1.73 bits per heavy atom. The average molecular weight is 782 g/mol. The average Bonchev–Trinajstić information content (AvgIpc) is 3.52. The van der Waals surface area contributed by atoms with Crippen molar-refractivity contribution in [3.8, 4) is 0 Å². The predicted octanol–water partition coefficient (Wildman–Crippen LogP) is 7.37. The third-order valence-corrected chi connectivity index (χ3v) is 18.1. The number of sulfone groups is 1. The van der Waals surface area contributed by atoms with E-state index in [4.69, 9.17) is 14.9 Å². The number of ether oxygens (including phenoxy) is 2.